The Morgan fingerprint density at radius 2 is 1.67 bits per heavy atom. The standard InChI is InChI=1S/C32H31ClN8O4S2.2ClH/c33-21-5-1-20(2-6-21)30-40-22(17-46-30)18-47-31-25(16-36)28(24(15-35)29(38)41-31)19-3-7-23(8-4-19)44-13-14-45-32(43)26(39-12-11-34)9-10-27(37)42;;/h1-8,17,26,39H,9-14,18,34H2,(H2,37,42)(H2,38,41);2*1H/t26-;;/m1../s1. The highest BCUT2D eigenvalue weighted by atomic mass is 35.5. The van der Waals surface area contributed by atoms with Crippen molar-refractivity contribution in [1.82, 2.24) is 15.3 Å². The predicted molar refractivity (Wildman–Crippen MR) is 196 cm³/mol. The molecular formula is C32H33Cl3N8O4S2. The van der Waals surface area contributed by atoms with Gasteiger partial charge < -0.3 is 32.0 Å². The smallest absolute Gasteiger partial charge is 0.323 e. The molecule has 0 bridgehead atoms. The maximum atomic E-state index is 12.4. The topological polar surface area (TPSA) is 216 Å². The fourth-order valence-electron chi connectivity index (χ4n) is 4.40. The number of rotatable bonds is 16. The molecule has 0 aliphatic carbocycles. The highest BCUT2D eigenvalue weighted by Gasteiger charge is 2.22. The van der Waals surface area contributed by atoms with Crippen LogP contribution in [-0.2, 0) is 20.1 Å². The number of carbonyl (C=O) groups excluding carboxylic acids is 2. The monoisotopic (exact) mass is 762 g/mol. The van der Waals surface area contributed by atoms with Crippen LogP contribution in [0, 0.1) is 22.7 Å². The zero-order valence-electron chi connectivity index (χ0n) is 25.9. The van der Waals surface area contributed by atoms with E-state index >= 15 is 0 Å². The number of pyridine rings is 1. The van der Waals surface area contributed by atoms with Crippen LogP contribution in [0.2, 0.25) is 5.02 Å². The minimum Gasteiger partial charge on any atom is -0.490 e. The normalized spacial score (nSPS) is 10.9. The van der Waals surface area contributed by atoms with Gasteiger partial charge in [0.1, 0.15) is 58.6 Å². The number of thioether (sulfide) groups is 1. The van der Waals surface area contributed by atoms with Crippen molar-refractivity contribution in [3.63, 3.8) is 0 Å². The van der Waals surface area contributed by atoms with Crippen LogP contribution in [0.3, 0.4) is 0 Å². The third-order valence-electron chi connectivity index (χ3n) is 6.65. The van der Waals surface area contributed by atoms with Crippen molar-refractivity contribution < 1.29 is 19.1 Å². The third kappa shape index (κ3) is 11.5. The van der Waals surface area contributed by atoms with E-state index in [2.05, 4.69) is 22.4 Å². The van der Waals surface area contributed by atoms with Crippen LogP contribution in [0.5, 0.6) is 5.75 Å². The number of esters is 1. The molecule has 0 radical (unpaired) electrons. The molecular weight excluding hydrogens is 731 g/mol. The molecule has 2 heterocycles. The second-order valence-electron chi connectivity index (χ2n) is 9.93. The first-order valence-electron chi connectivity index (χ1n) is 14.3. The Morgan fingerprint density at radius 1 is 1.00 bits per heavy atom. The van der Waals surface area contributed by atoms with Crippen LogP contribution in [0.25, 0.3) is 21.7 Å². The minimum absolute atomic E-state index is 0. The van der Waals surface area contributed by atoms with Crippen LogP contribution in [0.15, 0.2) is 58.9 Å². The molecule has 0 unspecified atom stereocenters. The van der Waals surface area contributed by atoms with E-state index in [9.17, 15) is 20.1 Å². The summed E-state index contributed by atoms with van der Waals surface area (Å²) in [5.74, 6) is -0.126. The zero-order valence-corrected chi connectivity index (χ0v) is 29.9. The van der Waals surface area contributed by atoms with Gasteiger partial charge in [0, 0.05) is 46.8 Å². The molecule has 17 heteroatoms. The van der Waals surface area contributed by atoms with Gasteiger partial charge in [-0.3, -0.25) is 9.59 Å². The molecule has 0 aliphatic rings. The van der Waals surface area contributed by atoms with E-state index in [-0.39, 0.29) is 67.8 Å². The van der Waals surface area contributed by atoms with E-state index in [1.807, 2.05) is 29.6 Å². The highest BCUT2D eigenvalue weighted by molar-refractivity contribution is 7.98. The Hall–Kier alpha value is -4.12. The van der Waals surface area contributed by atoms with Crippen LogP contribution in [0.4, 0.5) is 5.82 Å². The van der Waals surface area contributed by atoms with Crippen molar-refractivity contribution in [2.45, 2.75) is 29.7 Å². The molecule has 1 atom stereocenters. The van der Waals surface area contributed by atoms with Gasteiger partial charge in [-0.15, -0.1) is 36.2 Å². The fourth-order valence-corrected chi connectivity index (χ4v) is 6.34. The first-order valence-corrected chi connectivity index (χ1v) is 16.6. The van der Waals surface area contributed by atoms with Crippen molar-refractivity contribution in [3.8, 4) is 39.6 Å². The molecule has 12 nitrogen and oxygen atoms in total. The van der Waals surface area contributed by atoms with Crippen molar-refractivity contribution in [2.75, 3.05) is 32.0 Å². The van der Waals surface area contributed by atoms with Gasteiger partial charge in [0.25, 0.3) is 0 Å². The zero-order chi connectivity index (χ0) is 33.8. The van der Waals surface area contributed by atoms with E-state index in [1.54, 1.807) is 24.3 Å². The van der Waals surface area contributed by atoms with E-state index in [4.69, 9.17) is 43.3 Å². The molecule has 0 saturated carbocycles. The summed E-state index contributed by atoms with van der Waals surface area (Å²) in [5, 5.41) is 26.8. The second-order valence-corrected chi connectivity index (χ2v) is 12.2. The molecule has 258 valence electrons. The van der Waals surface area contributed by atoms with Crippen LogP contribution in [0.1, 0.15) is 29.7 Å². The summed E-state index contributed by atoms with van der Waals surface area (Å²) in [4.78, 5) is 32.6. The average Bonchev–Trinajstić information content (AvgIpc) is 3.55. The Bertz CT molecular complexity index is 1800. The van der Waals surface area contributed by atoms with Gasteiger partial charge in [-0.05, 0) is 36.2 Å². The Morgan fingerprint density at radius 3 is 2.31 bits per heavy atom. The Balaban J connectivity index is 0.00000417. The van der Waals surface area contributed by atoms with Crippen molar-refractivity contribution in [3.05, 3.63) is 75.8 Å². The van der Waals surface area contributed by atoms with E-state index < -0.39 is 17.9 Å². The van der Waals surface area contributed by atoms with Gasteiger partial charge >= 0.3 is 5.97 Å². The lowest BCUT2D eigenvalue weighted by Gasteiger charge is -2.17. The number of benzene rings is 2. The molecule has 4 aromatic rings. The summed E-state index contributed by atoms with van der Waals surface area (Å²) in [5.41, 5.74) is 19.9. The lowest BCUT2D eigenvalue weighted by Crippen LogP contribution is -2.41. The second kappa shape index (κ2) is 20.4. The number of halogens is 3. The van der Waals surface area contributed by atoms with E-state index in [0.29, 0.717) is 45.8 Å². The number of nitrogens with two attached hydrogens (primary N) is 3. The molecule has 49 heavy (non-hydrogen) atoms. The summed E-state index contributed by atoms with van der Waals surface area (Å²) >= 11 is 8.81. The number of ether oxygens (including phenoxy) is 2. The quantitative estimate of drug-likeness (QED) is 0.0667. The van der Waals surface area contributed by atoms with E-state index in [0.717, 1.165) is 16.3 Å². The third-order valence-corrected chi connectivity index (χ3v) is 8.85. The number of nitriles is 2. The molecule has 1 amide bonds. The average molecular weight is 764 g/mol. The molecule has 0 saturated heterocycles. The summed E-state index contributed by atoms with van der Waals surface area (Å²) in [6.07, 6.45) is 0.226. The van der Waals surface area contributed by atoms with Crippen LogP contribution >= 0.6 is 59.5 Å². The number of nitrogens with one attached hydrogen (secondary N) is 1. The summed E-state index contributed by atoms with van der Waals surface area (Å²) in [6, 6.07) is 17.8. The van der Waals surface area contributed by atoms with Gasteiger partial charge in [0.15, 0.2) is 0 Å². The number of primary amides is 1. The summed E-state index contributed by atoms with van der Waals surface area (Å²) in [6.45, 7) is 0.730. The molecule has 4 rings (SSSR count). The largest absolute Gasteiger partial charge is 0.490 e. The van der Waals surface area contributed by atoms with Gasteiger partial charge in [0.05, 0.1) is 11.3 Å². The number of hydrogen-bond acceptors (Lipinski definition) is 13. The van der Waals surface area contributed by atoms with Gasteiger partial charge in [-0.25, -0.2) is 9.97 Å². The minimum atomic E-state index is -0.710. The van der Waals surface area contributed by atoms with Gasteiger partial charge in [-0.1, -0.05) is 47.6 Å². The van der Waals surface area contributed by atoms with Crippen molar-refractivity contribution in [1.29, 1.82) is 10.5 Å². The lowest BCUT2D eigenvalue weighted by atomic mass is 9.97. The lowest BCUT2D eigenvalue weighted by molar-refractivity contribution is -0.147. The number of aromatic nitrogens is 2. The highest BCUT2D eigenvalue weighted by Crippen LogP contribution is 2.37. The summed E-state index contributed by atoms with van der Waals surface area (Å²) in [7, 11) is 0. The van der Waals surface area contributed by atoms with Crippen molar-refractivity contribution in [2.24, 2.45) is 11.5 Å². The number of thiazole rings is 1. The number of carbonyl (C=O) groups is 2. The van der Waals surface area contributed by atoms with Gasteiger partial charge in [0.2, 0.25) is 5.91 Å². The molecule has 2 aromatic carbocycles. The number of amides is 1. The number of hydrogen-bond donors (Lipinski definition) is 4. The maximum absolute atomic E-state index is 12.4. The molecule has 0 fully saturated rings. The van der Waals surface area contributed by atoms with Crippen LogP contribution < -0.4 is 27.3 Å². The molecule has 2 aromatic heterocycles. The Labute approximate surface area is 309 Å². The Kier molecular flexibility index (Phi) is 17.1. The van der Waals surface area contributed by atoms with Crippen molar-refractivity contribution >= 4 is 77.2 Å². The first-order chi connectivity index (χ1) is 22.7. The number of nitrogens with zero attached hydrogens (tertiary/aromatic N) is 4. The maximum Gasteiger partial charge on any atom is 0.323 e. The first kappa shape index (κ1) is 41.1. The fraction of sp³-hybridized carbons (Fsp3) is 0.250. The number of anilines is 1. The van der Waals surface area contributed by atoms with Gasteiger partial charge in [-0.2, -0.15) is 10.5 Å². The molecule has 0 spiro atoms. The molecule has 0 aliphatic heterocycles. The number of nitrogen functional groups attached to an aromatic ring is 1. The summed E-state index contributed by atoms with van der Waals surface area (Å²) < 4.78 is 11.0. The molecule has 7 N–H and O–H groups in total. The van der Waals surface area contributed by atoms with E-state index in [1.165, 1.54) is 23.1 Å². The van der Waals surface area contributed by atoms with Crippen LogP contribution in [-0.4, -0.2) is 54.2 Å². The SMILES string of the molecule is Cl.Cl.N#Cc1c(N)nc(SCc2csc(-c3ccc(Cl)cc3)n2)c(C#N)c1-c1ccc(OCCOC(=O)[C@@H](CCC(N)=O)NCCN)cc1. The predicted octanol–water partition coefficient (Wildman–Crippen LogP) is 5.09.